The fourth-order valence-electron chi connectivity index (χ4n) is 1.92. The molecule has 0 N–H and O–H groups in total. The van der Waals surface area contributed by atoms with Gasteiger partial charge in [-0.2, -0.15) is 0 Å². The molecule has 1 rings (SSSR count). The molecule has 0 saturated carbocycles. The van der Waals surface area contributed by atoms with E-state index in [0.717, 1.165) is 5.56 Å². The minimum absolute atomic E-state index is 0.322. The highest BCUT2D eigenvalue weighted by molar-refractivity contribution is 7.54. The van der Waals surface area contributed by atoms with E-state index in [1.807, 2.05) is 0 Å². The summed E-state index contributed by atoms with van der Waals surface area (Å²) in [6.45, 7) is 8.09. The first-order chi connectivity index (χ1) is 9.98. The molecule has 0 aliphatic carbocycles. The predicted octanol–water partition coefficient (Wildman–Crippen LogP) is 4.19. The van der Waals surface area contributed by atoms with Gasteiger partial charge in [-0.25, -0.2) is 4.79 Å². The van der Waals surface area contributed by atoms with Crippen molar-refractivity contribution in [1.29, 1.82) is 0 Å². The molecular weight excluding hydrogens is 291 g/mol. The quantitative estimate of drug-likeness (QED) is 0.532. The molecule has 0 aromatic heterocycles. The van der Waals surface area contributed by atoms with Gasteiger partial charge >= 0.3 is 13.6 Å². The second kappa shape index (κ2) is 8.32. The maximum absolute atomic E-state index is 12.7. The van der Waals surface area contributed by atoms with Crippen LogP contribution in [0.25, 0.3) is 0 Å². The summed E-state index contributed by atoms with van der Waals surface area (Å²) in [6, 6.07) is 6.82. The molecule has 0 radical (unpaired) electrons. The van der Waals surface area contributed by atoms with E-state index in [4.69, 9.17) is 13.8 Å². The Labute approximate surface area is 126 Å². The van der Waals surface area contributed by atoms with Crippen molar-refractivity contribution < 1.29 is 23.1 Å². The monoisotopic (exact) mass is 314 g/mol. The lowest BCUT2D eigenvalue weighted by molar-refractivity contribution is 0.0526. The van der Waals surface area contributed by atoms with Crippen LogP contribution in [0.1, 0.15) is 49.3 Å². The second-order valence-corrected chi connectivity index (χ2v) is 6.76. The lowest BCUT2D eigenvalue weighted by Crippen LogP contribution is -2.06. The molecule has 0 heterocycles. The lowest BCUT2D eigenvalue weighted by atomic mass is 10.1. The van der Waals surface area contributed by atoms with E-state index < -0.39 is 13.3 Å². The van der Waals surface area contributed by atoms with Crippen LogP contribution >= 0.6 is 7.60 Å². The molecule has 0 aliphatic rings. The Bertz CT molecular complexity index is 487. The average Bonchev–Trinajstić information content (AvgIpc) is 2.47. The number of esters is 1. The van der Waals surface area contributed by atoms with Crippen LogP contribution in [-0.4, -0.2) is 25.8 Å². The molecule has 6 heteroatoms. The molecule has 0 spiro atoms. The van der Waals surface area contributed by atoms with Crippen LogP contribution in [-0.2, 0) is 18.3 Å². The molecule has 0 bridgehead atoms. The Balaban J connectivity index is 2.94. The first kappa shape index (κ1) is 17.9. The zero-order valence-corrected chi connectivity index (χ0v) is 13.9. The number of hydrogen-bond acceptors (Lipinski definition) is 5. The zero-order chi connectivity index (χ0) is 15.9. The normalized spacial score (nSPS) is 13.0. The van der Waals surface area contributed by atoms with Gasteiger partial charge in [-0.05, 0) is 45.4 Å². The first-order valence-electron chi connectivity index (χ1n) is 7.14. The van der Waals surface area contributed by atoms with Crippen LogP contribution in [0, 0.1) is 0 Å². The third kappa shape index (κ3) is 4.67. The standard InChI is InChI=1S/C15H23O5P/c1-5-18-15(16)14-10-8-13(9-11-14)12(4)21(17,19-6-2)20-7-3/h8-12H,5-7H2,1-4H3. The van der Waals surface area contributed by atoms with Crippen LogP contribution in [0.3, 0.4) is 0 Å². The SMILES string of the molecule is CCOC(=O)c1ccc(C(C)P(=O)(OCC)OCC)cc1. The van der Waals surface area contributed by atoms with E-state index in [2.05, 4.69) is 0 Å². The molecule has 118 valence electrons. The van der Waals surface area contributed by atoms with Crippen molar-refractivity contribution in [2.45, 2.75) is 33.4 Å². The molecule has 21 heavy (non-hydrogen) atoms. The maximum Gasteiger partial charge on any atom is 0.338 e. The molecule has 1 unspecified atom stereocenters. The molecule has 1 aromatic carbocycles. The Morgan fingerprint density at radius 1 is 1.05 bits per heavy atom. The highest BCUT2D eigenvalue weighted by Gasteiger charge is 2.33. The maximum atomic E-state index is 12.7. The Morgan fingerprint density at radius 3 is 2.00 bits per heavy atom. The van der Waals surface area contributed by atoms with Gasteiger partial charge in [-0.1, -0.05) is 12.1 Å². The smallest absolute Gasteiger partial charge is 0.338 e. The third-order valence-corrected chi connectivity index (χ3v) is 5.48. The van der Waals surface area contributed by atoms with E-state index in [0.29, 0.717) is 25.4 Å². The van der Waals surface area contributed by atoms with Crippen molar-refractivity contribution in [2.75, 3.05) is 19.8 Å². The number of ether oxygens (including phenoxy) is 1. The summed E-state index contributed by atoms with van der Waals surface area (Å²) in [7, 11) is -3.20. The largest absolute Gasteiger partial charge is 0.462 e. The molecule has 0 saturated heterocycles. The van der Waals surface area contributed by atoms with Crippen LogP contribution in [0.15, 0.2) is 24.3 Å². The summed E-state index contributed by atoms with van der Waals surface area (Å²) in [5.74, 6) is -0.366. The summed E-state index contributed by atoms with van der Waals surface area (Å²) in [5.41, 5.74) is 0.873. The summed E-state index contributed by atoms with van der Waals surface area (Å²) < 4.78 is 28.3. The van der Waals surface area contributed by atoms with Gasteiger partial charge in [-0.3, -0.25) is 4.57 Å². The second-order valence-electron chi connectivity index (χ2n) is 4.39. The fourth-order valence-corrected chi connectivity index (χ4v) is 3.69. The minimum Gasteiger partial charge on any atom is -0.462 e. The molecule has 0 amide bonds. The number of rotatable bonds is 8. The van der Waals surface area contributed by atoms with Gasteiger partial charge < -0.3 is 13.8 Å². The van der Waals surface area contributed by atoms with Crippen molar-refractivity contribution in [3.8, 4) is 0 Å². The Kier molecular flexibility index (Phi) is 7.09. The van der Waals surface area contributed by atoms with Crippen molar-refractivity contribution >= 4 is 13.6 Å². The summed E-state index contributed by atoms with van der Waals surface area (Å²) in [5, 5.41) is 0. The molecule has 0 aliphatic heterocycles. The zero-order valence-electron chi connectivity index (χ0n) is 13.0. The number of carbonyl (C=O) groups excluding carboxylic acids is 1. The Morgan fingerprint density at radius 2 is 1.57 bits per heavy atom. The molecule has 1 atom stereocenters. The van der Waals surface area contributed by atoms with Gasteiger partial charge in [0.05, 0.1) is 31.0 Å². The summed E-state index contributed by atoms with van der Waals surface area (Å²) >= 11 is 0. The van der Waals surface area contributed by atoms with Gasteiger partial charge in [0.15, 0.2) is 0 Å². The van der Waals surface area contributed by atoms with E-state index in [-0.39, 0.29) is 5.97 Å². The summed E-state index contributed by atoms with van der Waals surface area (Å²) in [6.07, 6.45) is 0. The minimum atomic E-state index is -3.20. The van der Waals surface area contributed by atoms with Gasteiger partial charge in [0.1, 0.15) is 0 Å². The molecule has 5 nitrogen and oxygen atoms in total. The molecule has 1 aromatic rings. The highest BCUT2D eigenvalue weighted by atomic mass is 31.2. The average molecular weight is 314 g/mol. The number of benzene rings is 1. The fraction of sp³-hybridized carbons (Fsp3) is 0.533. The predicted molar refractivity (Wildman–Crippen MR) is 81.7 cm³/mol. The van der Waals surface area contributed by atoms with Crippen molar-refractivity contribution in [3.05, 3.63) is 35.4 Å². The van der Waals surface area contributed by atoms with Crippen LogP contribution in [0.2, 0.25) is 0 Å². The number of carbonyl (C=O) groups is 1. The first-order valence-corrected chi connectivity index (χ1v) is 8.75. The number of hydrogen-bond donors (Lipinski definition) is 0. The summed E-state index contributed by atoms with van der Waals surface area (Å²) in [4.78, 5) is 11.6. The van der Waals surface area contributed by atoms with Gasteiger partial charge in [0.2, 0.25) is 0 Å². The third-order valence-electron chi connectivity index (χ3n) is 3.00. The highest BCUT2D eigenvalue weighted by Crippen LogP contribution is 2.60. The van der Waals surface area contributed by atoms with Crippen molar-refractivity contribution in [3.63, 3.8) is 0 Å². The van der Waals surface area contributed by atoms with E-state index in [1.165, 1.54) is 0 Å². The van der Waals surface area contributed by atoms with Gasteiger partial charge in [0.25, 0.3) is 0 Å². The molecule has 0 fully saturated rings. The van der Waals surface area contributed by atoms with E-state index in [1.54, 1.807) is 52.0 Å². The van der Waals surface area contributed by atoms with E-state index in [9.17, 15) is 9.36 Å². The molecular formula is C15H23O5P. The van der Waals surface area contributed by atoms with Crippen molar-refractivity contribution in [2.24, 2.45) is 0 Å². The van der Waals surface area contributed by atoms with Gasteiger partial charge in [-0.15, -0.1) is 0 Å². The topological polar surface area (TPSA) is 61.8 Å². The van der Waals surface area contributed by atoms with Crippen LogP contribution in [0.5, 0.6) is 0 Å². The van der Waals surface area contributed by atoms with Gasteiger partial charge in [0, 0.05) is 0 Å². The van der Waals surface area contributed by atoms with Crippen LogP contribution < -0.4 is 0 Å². The Hall–Kier alpha value is -1.16. The van der Waals surface area contributed by atoms with Crippen LogP contribution in [0.4, 0.5) is 0 Å². The van der Waals surface area contributed by atoms with Crippen molar-refractivity contribution in [1.82, 2.24) is 0 Å². The van der Waals surface area contributed by atoms with E-state index >= 15 is 0 Å². The lowest BCUT2D eigenvalue weighted by Gasteiger charge is -2.23.